The summed E-state index contributed by atoms with van der Waals surface area (Å²) in [6.07, 6.45) is 6.69. The molecule has 1 rings (SSSR count). The Morgan fingerprint density at radius 2 is 2.20 bits per heavy atom. The second kappa shape index (κ2) is 3.57. The first-order chi connectivity index (χ1) is 4.69. The van der Waals surface area contributed by atoms with Crippen LogP contribution in [-0.2, 0) is 0 Å². The van der Waals surface area contributed by atoms with Gasteiger partial charge in [0.25, 0.3) is 0 Å². The van der Waals surface area contributed by atoms with Gasteiger partial charge in [-0.25, -0.2) is 0 Å². The maximum Gasteiger partial charge on any atom is 0.0380 e. The van der Waals surface area contributed by atoms with Crippen molar-refractivity contribution in [2.24, 2.45) is 0 Å². The first kappa shape index (κ1) is 9.05. The van der Waals surface area contributed by atoms with Gasteiger partial charge in [0.1, 0.15) is 0 Å². The lowest BCUT2D eigenvalue weighted by Crippen LogP contribution is -2.34. The highest BCUT2D eigenvalue weighted by atomic mass is 79.9. The molecule has 10 heavy (non-hydrogen) atoms. The Hall–Kier alpha value is 0.960. The lowest BCUT2D eigenvalue weighted by Gasteiger charge is -2.35. The third-order valence-corrected chi connectivity index (χ3v) is 5.91. The van der Waals surface area contributed by atoms with Crippen LogP contribution in [0, 0.1) is 0 Å². The summed E-state index contributed by atoms with van der Waals surface area (Å²) >= 11 is 7.54. The molecule has 0 spiro atoms. The minimum atomic E-state index is 0.408. The highest BCUT2D eigenvalue weighted by molar-refractivity contribution is 9.12. The summed E-state index contributed by atoms with van der Waals surface area (Å²) in [7, 11) is 0. The van der Waals surface area contributed by atoms with Crippen molar-refractivity contribution in [3.05, 3.63) is 0 Å². The largest absolute Gasteiger partial charge is 0.0875 e. The second-order valence-corrected chi connectivity index (χ2v) is 5.79. The van der Waals surface area contributed by atoms with Crippen LogP contribution in [0.15, 0.2) is 0 Å². The predicted octanol–water partition coefficient (Wildman–Crippen LogP) is 3.87. The first-order valence-corrected chi connectivity index (χ1v) is 5.73. The molecule has 0 aromatic heterocycles. The van der Waals surface area contributed by atoms with Crippen molar-refractivity contribution in [3.8, 4) is 0 Å². The van der Waals surface area contributed by atoms with E-state index in [4.69, 9.17) is 0 Å². The molecule has 60 valence electrons. The number of alkyl halides is 2. The summed E-state index contributed by atoms with van der Waals surface area (Å²) in [4.78, 5) is 0.693. The van der Waals surface area contributed by atoms with E-state index in [9.17, 15) is 0 Å². The topological polar surface area (TPSA) is 0 Å². The third kappa shape index (κ3) is 1.76. The average molecular weight is 270 g/mol. The third-order valence-electron chi connectivity index (χ3n) is 2.45. The van der Waals surface area contributed by atoms with E-state index in [0.717, 1.165) is 0 Å². The molecule has 1 aliphatic carbocycles. The fraction of sp³-hybridized carbons (Fsp3) is 1.00. The van der Waals surface area contributed by atoms with E-state index in [-0.39, 0.29) is 0 Å². The highest BCUT2D eigenvalue weighted by Crippen LogP contribution is 2.42. The maximum atomic E-state index is 3.81. The van der Waals surface area contributed by atoms with Gasteiger partial charge in [-0.2, -0.15) is 0 Å². The Balaban J connectivity index is 2.54. The molecule has 1 aliphatic rings. The first-order valence-electron chi connectivity index (χ1n) is 4.02. The van der Waals surface area contributed by atoms with Crippen LogP contribution >= 0.6 is 31.9 Å². The fourth-order valence-corrected chi connectivity index (χ4v) is 2.94. The van der Waals surface area contributed by atoms with Crippen molar-refractivity contribution in [1.82, 2.24) is 0 Å². The minimum absolute atomic E-state index is 0.408. The molecule has 0 radical (unpaired) electrons. The molecule has 0 N–H and O–H groups in total. The minimum Gasteiger partial charge on any atom is -0.0875 e. The Morgan fingerprint density at radius 1 is 1.50 bits per heavy atom. The lowest BCUT2D eigenvalue weighted by molar-refractivity contribution is 0.413. The Morgan fingerprint density at radius 3 is 2.60 bits per heavy atom. The zero-order valence-corrected chi connectivity index (χ0v) is 9.54. The molecule has 0 aromatic carbocycles. The number of halogens is 2. The van der Waals surface area contributed by atoms with Gasteiger partial charge in [-0.3, -0.25) is 0 Å². The average Bonchev–Trinajstić information content (AvgIpc) is 1.96. The van der Waals surface area contributed by atoms with Crippen LogP contribution in [0.1, 0.15) is 39.0 Å². The van der Waals surface area contributed by atoms with E-state index < -0.39 is 0 Å². The predicted molar refractivity (Wildman–Crippen MR) is 53.1 cm³/mol. The van der Waals surface area contributed by atoms with Crippen molar-refractivity contribution in [2.75, 3.05) is 0 Å². The molecule has 0 heterocycles. The molecule has 2 unspecified atom stereocenters. The number of hydrogen-bond acceptors (Lipinski definition) is 0. The van der Waals surface area contributed by atoms with Gasteiger partial charge in [-0.05, 0) is 19.3 Å². The molecule has 0 bridgehead atoms. The standard InChI is InChI=1S/C8H14Br2/c1-2-8(10)6-4-3-5-7(8)9/h7H,2-6H2,1H3. The lowest BCUT2D eigenvalue weighted by atomic mass is 9.87. The monoisotopic (exact) mass is 268 g/mol. The van der Waals surface area contributed by atoms with Crippen LogP contribution in [0.3, 0.4) is 0 Å². The van der Waals surface area contributed by atoms with Crippen molar-refractivity contribution < 1.29 is 0 Å². The summed E-state index contributed by atoms with van der Waals surface area (Å²) in [5, 5.41) is 0. The molecule has 0 aromatic rings. The van der Waals surface area contributed by atoms with Crippen LogP contribution < -0.4 is 0 Å². The van der Waals surface area contributed by atoms with Crippen LogP contribution in [0.4, 0.5) is 0 Å². The van der Waals surface area contributed by atoms with Crippen molar-refractivity contribution in [3.63, 3.8) is 0 Å². The van der Waals surface area contributed by atoms with E-state index in [1.54, 1.807) is 0 Å². The SMILES string of the molecule is CCC1(Br)CCCCC1Br. The molecule has 0 saturated heterocycles. The van der Waals surface area contributed by atoms with Gasteiger partial charge < -0.3 is 0 Å². The Labute approximate surface area is 80.0 Å². The summed E-state index contributed by atoms with van der Waals surface area (Å²) in [5.74, 6) is 0. The van der Waals surface area contributed by atoms with Gasteiger partial charge in [0, 0.05) is 9.15 Å². The second-order valence-electron chi connectivity index (χ2n) is 3.10. The van der Waals surface area contributed by atoms with E-state index in [0.29, 0.717) is 9.15 Å². The molecular formula is C8H14Br2. The highest BCUT2D eigenvalue weighted by Gasteiger charge is 2.34. The Bertz CT molecular complexity index is 114. The Kier molecular flexibility index (Phi) is 3.23. The maximum absolute atomic E-state index is 3.81. The van der Waals surface area contributed by atoms with Crippen LogP contribution in [0.25, 0.3) is 0 Å². The quantitative estimate of drug-likeness (QED) is 0.634. The van der Waals surface area contributed by atoms with Crippen LogP contribution in [-0.4, -0.2) is 9.15 Å². The van der Waals surface area contributed by atoms with Crippen molar-refractivity contribution in [2.45, 2.75) is 48.2 Å². The van der Waals surface area contributed by atoms with Gasteiger partial charge in [-0.1, -0.05) is 51.6 Å². The normalized spacial score (nSPS) is 41.7. The molecule has 1 fully saturated rings. The van der Waals surface area contributed by atoms with E-state index >= 15 is 0 Å². The summed E-state index contributed by atoms with van der Waals surface area (Å²) in [5.41, 5.74) is 0. The van der Waals surface area contributed by atoms with E-state index in [1.807, 2.05) is 0 Å². The molecule has 1 saturated carbocycles. The van der Waals surface area contributed by atoms with Gasteiger partial charge in [0.2, 0.25) is 0 Å². The van der Waals surface area contributed by atoms with E-state index in [2.05, 4.69) is 38.8 Å². The molecule has 2 heteroatoms. The molecule has 0 nitrogen and oxygen atoms in total. The molecule has 0 amide bonds. The summed E-state index contributed by atoms with van der Waals surface area (Å²) < 4.78 is 0.408. The van der Waals surface area contributed by atoms with Crippen molar-refractivity contribution in [1.29, 1.82) is 0 Å². The van der Waals surface area contributed by atoms with Gasteiger partial charge in [0.15, 0.2) is 0 Å². The summed E-state index contributed by atoms with van der Waals surface area (Å²) in [6.45, 7) is 2.26. The van der Waals surface area contributed by atoms with Gasteiger partial charge >= 0.3 is 0 Å². The molecule has 0 aliphatic heterocycles. The fourth-order valence-electron chi connectivity index (χ4n) is 1.56. The van der Waals surface area contributed by atoms with Crippen LogP contribution in [0.5, 0.6) is 0 Å². The number of hydrogen-bond donors (Lipinski definition) is 0. The molecule has 2 atom stereocenters. The smallest absolute Gasteiger partial charge is 0.0380 e. The zero-order valence-electron chi connectivity index (χ0n) is 6.37. The van der Waals surface area contributed by atoms with Crippen LogP contribution in [0.2, 0.25) is 0 Å². The van der Waals surface area contributed by atoms with Gasteiger partial charge in [-0.15, -0.1) is 0 Å². The summed E-state index contributed by atoms with van der Waals surface area (Å²) in [6, 6.07) is 0. The van der Waals surface area contributed by atoms with Crippen molar-refractivity contribution >= 4 is 31.9 Å². The number of rotatable bonds is 1. The zero-order chi connectivity index (χ0) is 7.61. The van der Waals surface area contributed by atoms with E-state index in [1.165, 1.54) is 32.1 Å². The van der Waals surface area contributed by atoms with Gasteiger partial charge in [0.05, 0.1) is 0 Å². The molecular weight excluding hydrogens is 256 g/mol.